The molecule has 4 aromatic rings. The van der Waals surface area contributed by atoms with Crippen molar-refractivity contribution in [3.63, 3.8) is 0 Å². The minimum Gasteiger partial charge on any atom is -0.325 e. The molecule has 0 saturated carbocycles. The van der Waals surface area contributed by atoms with Crippen LogP contribution in [0.4, 0.5) is 5.69 Å². The van der Waals surface area contributed by atoms with Crippen molar-refractivity contribution in [3.05, 3.63) is 81.6 Å². The maximum absolute atomic E-state index is 12.7. The van der Waals surface area contributed by atoms with Crippen LogP contribution in [0.25, 0.3) is 0 Å². The third-order valence-corrected chi connectivity index (χ3v) is 6.46. The Morgan fingerprint density at radius 3 is 2.58 bits per heavy atom. The molecule has 0 aliphatic carbocycles. The maximum Gasteiger partial charge on any atom is 0.279 e. The van der Waals surface area contributed by atoms with E-state index in [1.54, 1.807) is 31.3 Å². The average Bonchev–Trinajstić information content (AvgIpc) is 3.42. The van der Waals surface area contributed by atoms with E-state index < -0.39 is 0 Å². The molecule has 2 aromatic carbocycles. The van der Waals surface area contributed by atoms with Crippen molar-refractivity contribution in [2.45, 2.75) is 18.6 Å². The Hall–Kier alpha value is -3.57. The first-order valence-electron chi connectivity index (χ1n) is 10.0. The molecule has 0 spiro atoms. The molecule has 2 aromatic heterocycles. The quantitative estimate of drug-likeness (QED) is 0.409. The Labute approximate surface area is 198 Å². The smallest absolute Gasteiger partial charge is 0.279 e. The van der Waals surface area contributed by atoms with Crippen molar-refractivity contribution in [3.8, 4) is 0 Å². The van der Waals surface area contributed by atoms with Gasteiger partial charge in [0.2, 0.25) is 11.1 Å². The van der Waals surface area contributed by atoms with Gasteiger partial charge in [-0.2, -0.15) is 4.99 Å². The molecular formula is C22H21N7O2S2. The molecule has 2 heterocycles. The number of nitrogens with zero attached hydrogens (tertiary/aromatic N) is 6. The number of nitrogens with one attached hydrogen (secondary N) is 1. The molecule has 0 saturated heterocycles. The van der Waals surface area contributed by atoms with Crippen molar-refractivity contribution >= 4 is 40.6 Å². The van der Waals surface area contributed by atoms with E-state index in [1.807, 2.05) is 23.1 Å². The van der Waals surface area contributed by atoms with Crippen LogP contribution in [0, 0.1) is 6.92 Å². The summed E-state index contributed by atoms with van der Waals surface area (Å²) < 4.78 is 3.45. The second-order valence-electron chi connectivity index (χ2n) is 7.22. The minimum absolute atomic E-state index is 0.170. The second-order valence-corrected chi connectivity index (χ2v) is 9.03. The highest BCUT2D eigenvalue weighted by Crippen LogP contribution is 2.15. The summed E-state index contributed by atoms with van der Waals surface area (Å²) >= 11 is 2.65. The predicted octanol–water partition coefficient (Wildman–Crippen LogP) is 2.90. The van der Waals surface area contributed by atoms with Gasteiger partial charge in [0.25, 0.3) is 5.91 Å². The predicted molar refractivity (Wildman–Crippen MR) is 127 cm³/mol. The van der Waals surface area contributed by atoms with Gasteiger partial charge in [-0.3, -0.25) is 9.59 Å². The summed E-state index contributed by atoms with van der Waals surface area (Å²) in [5.41, 5.74) is 3.39. The van der Waals surface area contributed by atoms with Gasteiger partial charge in [-0.15, -0.1) is 16.4 Å². The number of benzene rings is 2. The summed E-state index contributed by atoms with van der Waals surface area (Å²) in [4.78, 5) is 29.8. The van der Waals surface area contributed by atoms with Gasteiger partial charge >= 0.3 is 0 Å². The van der Waals surface area contributed by atoms with Crippen LogP contribution in [0.3, 0.4) is 0 Å². The fraction of sp³-hybridized carbons (Fsp3) is 0.182. The highest BCUT2D eigenvalue weighted by Gasteiger charge is 2.10. The molecule has 168 valence electrons. The number of thiazole rings is 1. The molecule has 33 heavy (non-hydrogen) atoms. The van der Waals surface area contributed by atoms with Crippen molar-refractivity contribution in [1.29, 1.82) is 0 Å². The molecular weight excluding hydrogens is 458 g/mol. The summed E-state index contributed by atoms with van der Waals surface area (Å²) in [7, 11) is 1.71. The maximum atomic E-state index is 12.7. The van der Waals surface area contributed by atoms with E-state index in [0.29, 0.717) is 27.8 Å². The topological polar surface area (TPSA) is 107 Å². The number of carbonyl (C=O) groups is 2. The van der Waals surface area contributed by atoms with Gasteiger partial charge < -0.3 is 9.88 Å². The van der Waals surface area contributed by atoms with E-state index in [2.05, 4.69) is 50.1 Å². The number of thioether (sulfide) groups is 1. The van der Waals surface area contributed by atoms with E-state index in [9.17, 15) is 9.59 Å². The fourth-order valence-electron chi connectivity index (χ4n) is 2.92. The molecule has 0 bridgehead atoms. The van der Waals surface area contributed by atoms with E-state index in [1.165, 1.54) is 33.3 Å². The zero-order valence-corrected chi connectivity index (χ0v) is 19.6. The Morgan fingerprint density at radius 2 is 1.88 bits per heavy atom. The van der Waals surface area contributed by atoms with Crippen molar-refractivity contribution < 1.29 is 9.59 Å². The van der Waals surface area contributed by atoms with Gasteiger partial charge in [0.1, 0.15) is 0 Å². The molecule has 0 radical (unpaired) electrons. The molecule has 2 amide bonds. The number of aromatic nitrogens is 5. The number of amides is 2. The van der Waals surface area contributed by atoms with Crippen molar-refractivity contribution in [1.82, 2.24) is 24.8 Å². The number of hydrogen-bond donors (Lipinski definition) is 1. The lowest BCUT2D eigenvalue weighted by Gasteiger charge is -2.05. The van der Waals surface area contributed by atoms with Gasteiger partial charge in [-0.25, -0.2) is 4.68 Å². The monoisotopic (exact) mass is 479 g/mol. The summed E-state index contributed by atoms with van der Waals surface area (Å²) in [5, 5.41) is 16.3. The lowest BCUT2D eigenvalue weighted by atomic mass is 10.1. The van der Waals surface area contributed by atoms with Gasteiger partial charge in [-0.05, 0) is 47.2 Å². The van der Waals surface area contributed by atoms with Crippen LogP contribution in [0.1, 0.15) is 21.5 Å². The largest absolute Gasteiger partial charge is 0.325 e. The molecule has 0 fully saturated rings. The molecule has 0 aliphatic rings. The molecule has 0 aliphatic heterocycles. The van der Waals surface area contributed by atoms with E-state index >= 15 is 0 Å². The number of carbonyl (C=O) groups excluding carboxylic acids is 2. The third-order valence-electron chi connectivity index (χ3n) is 4.66. The Kier molecular flexibility index (Phi) is 7.10. The number of anilines is 1. The van der Waals surface area contributed by atoms with Crippen LogP contribution in [-0.4, -0.2) is 42.3 Å². The summed E-state index contributed by atoms with van der Waals surface area (Å²) in [6.07, 6.45) is 1.92. The highest BCUT2D eigenvalue weighted by atomic mass is 32.2. The number of tetrazole rings is 1. The highest BCUT2D eigenvalue weighted by molar-refractivity contribution is 7.99. The molecule has 11 heteroatoms. The lowest BCUT2D eigenvalue weighted by Crippen LogP contribution is -2.17. The Morgan fingerprint density at radius 1 is 1.12 bits per heavy atom. The zero-order chi connectivity index (χ0) is 23.2. The normalized spacial score (nSPS) is 11.5. The van der Waals surface area contributed by atoms with Gasteiger partial charge in [-0.1, -0.05) is 41.6 Å². The summed E-state index contributed by atoms with van der Waals surface area (Å²) in [5.74, 6) is -0.357. The van der Waals surface area contributed by atoms with Crippen LogP contribution in [-0.2, 0) is 18.4 Å². The van der Waals surface area contributed by atoms with Crippen LogP contribution in [0.15, 0.2) is 70.3 Å². The van der Waals surface area contributed by atoms with Crippen LogP contribution in [0.2, 0.25) is 0 Å². The molecule has 4 rings (SSSR count). The summed E-state index contributed by atoms with van der Waals surface area (Å²) in [6, 6.07) is 14.9. The first-order valence-corrected chi connectivity index (χ1v) is 11.9. The van der Waals surface area contributed by atoms with Gasteiger partial charge in [0, 0.05) is 36.4 Å². The van der Waals surface area contributed by atoms with Gasteiger partial charge in [0.05, 0.1) is 5.75 Å². The van der Waals surface area contributed by atoms with E-state index in [0.717, 1.165) is 5.56 Å². The standard InChI is InChI=1S/C22H21N7O2S2/c1-15-3-5-16(6-4-15)13-29-11-12-32-21(29)24-20(31)17-7-9-18(10-8-17)23-19(30)14-33-22-25-26-27-28(22)2/h3-12H,13-14H2,1-2H3,(H,23,30). The molecule has 0 atom stereocenters. The number of aryl methyl sites for hydroxylation is 2. The third kappa shape index (κ3) is 6.02. The fourth-order valence-corrected chi connectivity index (χ4v) is 4.29. The van der Waals surface area contributed by atoms with Crippen LogP contribution < -0.4 is 10.1 Å². The van der Waals surface area contributed by atoms with Gasteiger partial charge in [0.15, 0.2) is 4.80 Å². The van der Waals surface area contributed by atoms with E-state index in [-0.39, 0.29) is 17.6 Å². The SMILES string of the molecule is Cc1ccc(Cn2ccsc2=NC(=O)c2ccc(NC(=O)CSc3nnnn3C)cc2)cc1. The van der Waals surface area contributed by atoms with Crippen molar-refractivity contribution in [2.75, 3.05) is 11.1 Å². The molecule has 0 unspecified atom stereocenters. The number of rotatable bonds is 7. The van der Waals surface area contributed by atoms with E-state index in [4.69, 9.17) is 0 Å². The first-order chi connectivity index (χ1) is 16.0. The van der Waals surface area contributed by atoms with Crippen LogP contribution in [0.5, 0.6) is 0 Å². The average molecular weight is 480 g/mol. The molecule has 1 N–H and O–H groups in total. The zero-order valence-electron chi connectivity index (χ0n) is 18.0. The molecule has 9 nitrogen and oxygen atoms in total. The summed E-state index contributed by atoms with van der Waals surface area (Å²) in [6.45, 7) is 2.69. The Balaban J connectivity index is 1.38. The lowest BCUT2D eigenvalue weighted by molar-refractivity contribution is -0.113. The first kappa shape index (κ1) is 22.6. The van der Waals surface area contributed by atoms with Crippen LogP contribution >= 0.6 is 23.1 Å². The second kappa shape index (κ2) is 10.4. The minimum atomic E-state index is -0.335. The number of hydrogen-bond acceptors (Lipinski definition) is 7. The Bertz CT molecular complexity index is 1320. The van der Waals surface area contributed by atoms with Crippen molar-refractivity contribution in [2.24, 2.45) is 12.0 Å².